The summed E-state index contributed by atoms with van der Waals surface area (Å²) in [6.45, 7) is 36.3. The van der Waals surface area contributed by atoms with Crippen LogP contribution in [0.15, 0.2) is 243 Å². The van der Waals surface area contributed by atoms with Gasteiger partial charge in [-0.3, -0.25) is 0 Å². The van der Waals surface area contributed by atoms with Gasteiger partial charge in [0.05, 0.1) is 26.3 Å². The van der Waals surface area contributed by atoms with Crippen molar-refractivity contribution in [1.82, 2.24) is 0 Å². The summed E-state index contributed by atoms with van der Waals surface area (Å²) in [4.78, 5) is 14.2. The Hall–Kier alpha value is -13.3. The lowest BCUT2D eigenvalue weighted by Crippen LogP contribution is -2.31. The zero-order valence-electron chi connectivity index (χ0n) is 65.6. The number of aryl methyl sites for hydroxylation is 10. The van der Waals surface area contributed by atoms with Gasteiger partial charge in [0.25, 0.3) is 0 Å². The molecular weight excluding hydrogens is 1270 g/mol. The lowest BCUT2D eigenvalue weighted by atomic mass is 9.97. The molecule has 0 fully saturated rings. The topological polar surface area (TPSA) is 85.5 Å². The van der Waals surface area contributed by atoms with Gasteiger partial charge in [0.15, 0.2) is 47.5 Å². The third-order valence-electron chi connectivity index (χ3n) is 19.3. The molecule has 0 amide bonds. The van der Waals surface area contributed by atoms with Crippen LogP contribution in [0.4, 0.5) is 22.7 Å². The maximum Gasteiger partial charge on any atom is 0.212 e. The van der Waals surface area contributed by atoms with E-state index in [1.165, 1.54) is 29.3 Å². The van der Waals surface area contributed by atoms with E-state index in [4.69, 9.17) is 53.6 Å². The van der Waals surface area contributed by atoms with E-state index in [0.717, 1.165) is 138 Å². The molecule has 17 aromatic rings. The normalized spacial score (nSPS) is 13.0. The number of hydrogen-bond donors (Lipinski definition) is 0. The van der Waals surface area contributed by atoms with Gasteiger partial charge in [0.1, 0.15) is 72.9 Å². The molecule has 0 bridgehead atoms. The first kappa shape index (κ1) is 58.7. The Morgan fingerprint density at radius 2 is 0.816 bits per heavy atom. The first-order valence-corrected chi connectivity index (χ1v) is 33.4. The predicted octanol–water partition coefficient (Wildman–Crippen LogP) is 23.2. The summed E-state index contributed by atoms with van der Waals surface area (Å²) in [6, 6.07) is 64.7. The van der Waals surface area contributed by atoms with E-state index in [0.29, 0.717) is 45.0 Å². The molecule has 498 valence electrons. The standard InChI is InChI=1S/C26H19N2O.C23H21N2O.2C21H17N2O/c1-17-15-24-21(16-20(17)23-11-7-8-14-28(23)3)19-12-13-22(27-2)25(26(19)29-24)18-9-5-4-6-10-18;1-14(2)16-8-9-25(5)21(11-16)19-13-20-18-7-6-17(24-4)12-23(18)26-22(20)10-15(19)3;1-13-5-8-19(23(4)12-13)17-11-18-16-7-6-15(22-3)10-21(16)24-20(18)9-14(17)2;1-13-11-20-17(12-16(13)19-7-5-6-10-23(19)4)15-8-9-18(22-3)14(2)21(15)24-20/h4-16H,1,3H3;6-14H,1-3,5H3;2*5-12H,1-2,4H3/q4*+1/i;1D3,14D;1D3;. The molecule has 0 saturated heterocycles. The number of rotatable bonds is 6. The molecule has 8 heterocycles. The van der Waals surface area contributed by atoms with E-state index in [-0.39, 0.29) is 0 Å². The summed E-state index contributed by atoms with van der Waals surface area (Å²) in [7, 11) is 7.86. The molecule has 0 aliphatic carbocycles. The van der Waals surface area contributed by atoms with E-state index in [1.807, 2.05) is 147 Å². The zero-order valence-corrected chi connectivity index (χ0v) is 58.6. The number of pyridine rings is 4. The maximum atomic E-state index is 8.44. The highest BCUT2D eigenvalue weighted by Gasteiger charge is 2.24. The summed E-state index contributed by atoms with van der Waals surface area (Å²) in [6.07, 6.45) is 7.56. The highest BCUT2D eigenvalue weighted by atomic mass is 16.3. The van der Waals surface area contributed by atoms with E-state index in [1.54, 1.807) is 54.9 Å². The average molecular weight is 1350 g/mol. The van der Waals surface area contributed by atoms with Crippen LogP contribution in [-0.2, 0) is 28.2 Å². The number of fused-ring (bicyclic) bond motifs is 12. The lowest BCUT2D eigenvalue weighted by Gasteiger charge is -2.09. The Bertz CT molecular complexity index is 6790. The quantitative estimate of drug-likeness (QED) is 0.123. The molecular formula is C91H74N8O4+4. The largest absolute Gasteiger partial charge is 0.457 e. The molecule has 0 aliphatic heterocycles. The minimum atomic E-state index is -2.44. The summed E-state index contributed by atoms with van der Waals surface area (Å²) < 4.78 is 86.8. The van der Waals surface area contributed by atoms with Crippen molar-refractivity contribution in [3.63, 3.8) is 0 Å². The minimum Gasteiger partial charge on any atom is -0.457 e. The van der Waals surface area contributed by atoms with Crippen LogP contribution in [-0.4, -0.2) is 0 Å². The molecule has 1 unspecified atom stereocenters. The molecule has 9 aromatic carbocycles. The average Bonchev–Trinajstić information content (AvgIpc) is 1.53. The van der Waals surface area contributed by atoms with E-state index in [2.05, 4.69) is 123 Å². The van der Waals surface area contributed by atoms with Gasteiger partial charge < -0.3 is 17.7 Å². The van der Waals surface area contributed by atoms with Crippen molar-refractivity contribution in [3.8, 4) is 56.2 Å². The molecule has 12 nitrogen and oxygen atoms in total. The fourth-order valence-corrected chi connectivity index (χ4v) is 13.8. The van der Waals surface area contributed by atoms with E-state index < -0.39 is 19.6 Å². The predicted molar refractivity (Wildman–Crippen MR) is 414 cm³/mol. The maximum absolute atomic E-state index is 8.44. The molecule has 8 aromatic heterocycles. The molecule has 1 atom stereocenters. The molecule has 17 rings (SSSR count). The number of benzene rings is 9. The molecule has 0 aliphatic rings. The van der Waals surface area contributed by atoms with Gasteiger partial charge in [-0.1, -0.05) is 92.6 Å². The van der Waals surface area contributed by atoms with Gasteiger partial charge >= 0.3 is 0 Å². The second-order valence-electron chi connectivity index (χ2n) is 26.0. The first-order valence-electron chi connectivity index (χ1n) is 36.9. The van der Waals surface area contributed by atoms with Crippen LogP contribution in [0, 0.1) is 67.8 Å². The van der Waals surface area contributed by atoms with Gasteiger partial charge in [0.2, 0.25) is 22.8 Å². The summed E-state index contributed by atoms with van der Waals surface area (Å²) >= 11 is 0. The van der Waals surface area contributed by atoms with E-state index in [9.17, 15) is 0 Å². The van der Waals surface area contributed by atoms with Crippen molar-refractivity contribution in [1.29, 1.82) is 0 Å². The van der Waals surface area contributed by atoms with Gasteiger partial charge in [-0.25, -0.2) is 37.6 Å². The molecule has 0 spiro atoms. The molecule has 0 radical (unpaired) electrons. The second kappa shape index (κ2) is 27.5. The van der Waals surface area contributed by atoms with Gasteiger partial charge in [0, 0.05) is 129 Å². The Balaban J connectivity index is 0.000000123. The van der Waals surface area contributed by atoms with Crippen LogP contribution in [0.2, 0.25) is 0 Å². The summed E-state index contributed by atoms with van der Waals surface area (Å²) in [5.41, 5.74) is 24.7. The number of aromatic nitrogens is 4. The third kappa shape index (κ3) is 12.5. The number of nitrogens with zero attached hydrogens (tertiary/aromatic N) is 8. The Labute approximate surface area is 608 Å². The van der Waals surface area contributed by atoms with Crippen LogP contribution >= 0.6 is 0 Å². The van der Waals surface area contributed by atoms with Crippen molar-refractivity contribution < 1.29 is 45.5 Å². The SMILES string of the molecule is [2H]C([2H])([2H])C([2H])(C)c1cc[n+](C)c(-c2cc3c(cc2C)oc2cc([N+]#[C-])ccc23)c1.[2H]C([2H])([2H])c1ccc(-c2cc3c(cc2C)oc2cc([N+]#[C-])ccc23)[n+](C)c1.[C-]#[N+]c1ccc2c(oc3cc(C)c(-c4cccc[n+]4C)cc32)c1-c1ccccc1.[C-]#[N+]c1ccc2c(oc3cc(C)c(-c4cccc[n+]4C)cc32)c1C. The minimum absolute atomic E-state index is 0.313. The van der Waals surface area contributed by atoms with Crippen molar-refractivity contribution in [2.24, 2.45) is 28.2 Å². The van der Waals surface area contributed by atoms with E-state index >= 15 is 0 Å². The first-order chi connectivity index (χ1) is 52.6. The van der Waals surface area contributed by atoms with Gasteiger partial charge in [-0.2, -0.15) is 0 Å². The Kier molecular flexibility index (Phi) is 15.6. The van der Waals surface area contributed by atoms with Crippen molar-refractivity contribution in [2.75, 3.05) is 0 Å². The smallest absolute Gasteiger partial charge is 0.212 e. The zero-order chi connectivity index (χ0) is 78.0. The second-order valence-corrected chi connectivity index (χ2v) is 26.0. The van der Waals surface area contributed by atoms with Crippen LogP contribution in [0.5, 0.6) is 0 Å². The Morgan fingerprint density at radius 3 is 1.30 bits per heavy atom. The van der Waals surface area contributed by atoms with Crippen molar-refractivity contribution in [3.05, 3.63) is 310 Å². The number of furan rings is 4. The molecule has 103 heavy (non-hydrogen) atoms. The lowest BCUT2D eigenvalue weighted by molar-refractivity contribution is -0.660. The van der Waals surface area contributed by atoms with Crippen LogP contribution in [0.25, 0.3) is 163 Å². The van der Waals surface area contributed by atoms with Crippen molar-refractivity contribution >= 4 is 111 Å². The molecule has 0 N–H and O–H groups in total. The summed E-state index contributed by atoms with van der Waals surface area (Å²) in [5, 5.41) is 8.04. The summed E-state index contributed by atoms with van der Waals surface area (Å²) in [5.74, 6) is -1.72. The fourth-order valence-electron chi connectivity index (χ4n) is 13.8. The molecule has 12 heteroatoms. The number of hydrogen-bond acceptors (Lipinski definition) is 4. The van der Waals surface area contributed by atoms with Crippen molar-refractivity contribution in [2.45, 2.75) is 61.1 Å². The van der Waals surface area contributed by atoms with Crippen LogP contribution in [0.3, 0.4) is 0 Å². The van der Waals surface area contributed by atoms with Gasteiger partial charge in [-0.15, -0.1) is 0 Å². The monoisotopic (exact) mass is 1350 g/mol. The van der Waals surface area contributed by atoms with Crippen LogP contribution < -0.4 is 18.3 Å². The highest BCUT2D eigenvalue weighted by molar-refractivity contribution is 6.14. The van der Waals surface area contributed by atoms with Gasteiger partial charge in [-0.05, 0) is 165 Å². The molecule has 0 saturated carbocycles. The highest BCUT2D eigenvalue weighted by Crippen LogP contribution is 2.45. The Morgan fingerprint density at radius 1 is 0.379 bits per heavy atom. The third-order valence-corrected chi connectivity index (χ3v) is 19.3. The van der Waals surface area contributed by atoms with Crippen LogP contribution in [0.1, 0.15) is 68.2 Å². The fraction of sp³-hybridized carbons (Fsp3) is 0.143.